The quantitative estimate of drug-likeness (QED) is 0.816. The second-order valence-corrected chi connectivity index (χ2v) is 4.48. The Balaban J connectivity index is 2.05. The van der Waals surface area contributed by atoms with Crippen molar-refractivity contribution in [1.82, 2.24) is 9.97 Å². The van der Waals surface area contributed by atoms with E-state index in [4.69, 9.17) is 0 Å². The lowest BCUT2D eigenvalue weighted by Gasteiger charge is -2.18. The number of rotatable bonds is 5. The Morgan fingerprint density at radius 1 is 1.11 bits per heavy atom. The van der Waals surface area contributed by atoms with E-state index in [1.165, 1.54) is 11.3 Å². The molecule has 0 N–H and O–H groups in total. The molecular formula is C16H19N3. The second kappa shape index (κ2) is 6.69. The number of nitrogens with zero attached hydrogens (tertiary/aromatic N) is 3. The van der Waals surface area contributed by atoms with E-state index in [0.29, 0.717) is 0 Å². The van der Waals surface area contributed by atoms with Crippen molar-refractivity contribution in [1.29, 1.82) is 0 Å². The molecule has 1 aromatic carbocycles. The lowest BCUT2D eigenvalue weighted by atomic mass is 10.1. The van der Waals surface area contributed by atoms with Crippen LogP contribution in [0.3, 0.4) is 0 Å². The molecule has 19 heavy (non-hydrogen) atoms. The summed E-state index contributed by atoms with van der Waals surface area (Å²) in [7, 11) is 2.12. The van der Waals surface area contributed by atoms with Crippen molar-refractivity contribution >= 4 is 17.8 Å². The number of aromatic nitrogens is 2. The molecule has 2 rings (SSSR count). The van der Waals surface area contributed by atoms with Gasteiger partial charge in [-0.2, -0.15) is 0 Å². The molecule has 0 bridgehead atoms. The van der Waals surface area contributed by atoms with Crippen molar-refractivity contribution in [3.05, 3.63) is 54.1 Å². The van der Waals surface area contributed by atoms with Crippen LogP contribution in [0, 0.1) is 0 Å². The maximum Gasteiger partial charge on any atom is 0.115 e. The highest BCUT2D eigenvalue weighted by Gasteiger charge is 1.98. The Bertz CT molecular complexity index is 517. The molecule has 3 nitrogen and oxygen atoms in total. The minimum absolute atomic E-state index is 0.919. The fourth-order valence-electron chi connectivity index (χ4n) is 1.89. The van der Waals surface area contributed by atoms with Crippen LogP contribution in [0.1, 0.15) is 24.6 Å². The first kappa shape index (κ1) is 13.3. The predicted octanol–water partition coefficient (Wildman–Crippen LogP) is 3.49. The first-order valence-electron chi connectivity index (χ1n) is 6.55. The molecule has 0 fully saturated rings. The zero-order chi connectivity index (χ0) is 13.5. The van der Waals surface area contributed by atoms with E-state index in [9.17, 15) is 0 Å². The maximum atomic E-state index is 4.16. The first-order chi connectivity index (χ1) is 9.29. The average molecular weight is 253 g/mol. The highest BCUT2D eigenvalue weighted by molar-refractivity contribution is 5.68. The van der Waals surface area contributed by atoms with Gasteiger partial charge in [-0.25, -0.2) is 9.97 Å². The summed E-state index contributed by atoms with van der Waals surface area (Å²) in [5.74, 6) is 0. The standard InChI is InChI=1S/C16H19N3/c1-3-12-19(2)16-8-5-14(6-9-16)4-7-15-10-11-17-13-18-15/h4-11,13H,3,12H2,1-2H3/b7-4+. The minimum atomic E-state index is 0.919. The number of benzene rings is 1. The van der Waals surface area contributed by atoms with Crippen molar-refractivity contribution < 1.29 is 0 Å². The highest BCUT2D eigenvalue weighted by atomic mass is 15.1. The molecule has 0 unspecified atom stereocenters. The fraction of sp³-hybridized carbons (Fsp3) is 0.250. The topological polar surface area (TPSA) is 29.0 Å². The van der Waals surface area contributed by atoms with Crippen LogP contribution in [0.2, 0.25) is 0 Å². The van der Waals surface area contributed by atoms with Crippen LogP contribution in [-0.2, 0) is 0 Å². The van der Waals surface area contributed by atoms with Gasteiger partial charge < -0.3 is 4.90 Å². The van der Waals surface area contributed by atoms with Gasteiger partial charge in [0.15, 0.2) is 0 Å². The van der Waals surface area contributed by atoms with E-state index in [-0.39, 0.29) is 0 Å². The predicted molar refractivity (Wildman–Crippen MR) is 81.0 cm³/mol. The van der Waals surface area contributed by atoms with Gasteiger partial charge in [-0.05, 0) is 36.3 Å². The van der Waals surface area contributed by atoms with Gasteiger partial charge >= 0.3 is 0 Å². The summed E-state index contributed by atoms with van der Waals surface area (Å²) in [6.07, 6.45) is 8.52. The third-order valence-electron chi connectivity index (χ3n) is 2.94. The molecule has 0 radical (unpaired) electrons. The average Bonchev–Trinajstić information content (AvgIpc) is 2.47. The van der Waals surface area contributed by atoms with Crippen molar-refractivity contribution in [3.63, 3.8) is 0 Å². The van der Waals surface area contributed by atoms with Gasteiger partial charge in [-0.15, -0.1) is 0 Å². The third-order valence-corrected chi connectivity index (χ3v) is 2.94. The first-order valence-corrected chi connectivity index (χ1v) is 6.55. The van der Waals surface area contributed by atoms with Crippen LogP contribution in [-0.4, -0.2) is 23.6 Å². The Labute approximate surface area is 114 Å². The van der Waals surface area contributed by atoms with E-state index >= 15 is 0 Å². The SMILES string of the molecule is CCCN(C)c1ccc(/C=C/c2ccncn2)cc1. The fourth-order valence-corrected chi connectivity index (χ4v) is 1.89. The minimum Gasteiger partial charge on any atom is -0.375 e. The molecule has 0 atom stereocenters. The molecule has 0 aliphatic heterocycles. The van der Waals surface area contributed by atoms with Gasteiger partial charge in [-0.1, -0.05) is 25.1 Å². The van der Waals surface area contributed by atoms with Gasteiger partial charge in [0.05, 0.1) is 5.69 Å². The molecule has 0 aliphatic rings. The molecule has 2 aromatic rings. The maximum absolute atomic E-state index is 4.16. The molecule has 1 heterocycles. The molecule has 3 heteroatoms. The molecule has 0 amide bonds. The van der Waals surface area contributed by atoms with Crippen LogP contribution in [0.25, 0.3) is 12.2 Å². The third kappa shape index (κ3) is 3.91. The zero-order valence-corrected chi connectivity index (χ0v) is 11.5. The number of anilines is 1. The summed E-state index contributed by atoms with van der Waals surface area (Å²) in [5.41, 5.74) is 3.34. The molecule has 0 saturated heterocycles. The summed E-state index contributed by atoms with van der Waals surface area (Å²) in [6.45, 7) is 3.27. The van der Waals surface area contributed by atoms with Crippen LogP contribution in [0.5, 0.6) is 0 Å². The normalized spacial score (nSPS) is 10.8. The summed E-state index contributed by atoms with van der Waals surface area (Å²) >= 11 is 0. The number of hydrogen-bond acceptors (Lipinski definition) is 3. The van der Waals surface area contributed by atoms with E-state index < -0.39 is 0 Å². The Kier molecular flexibility index (Phi) is 4.67. The van der Waals surface area contributed by atoms with Crippen molar-refractivity contribution in [2.75, 3.05) is 18.5 Å². The van der Waals surface area contributed by atoms with Crippen molar-refractivity contribution in [2.24, 2.45) is 0 Å². The molecule has 0 aliphatic carbocycles. The van der Waals surface area contributed by atoms with Crippen molar-refractivity contribution in [2.45, 2.75) is 13.3 Å². The smallest absolute Gasteiger partial charge is 0.115 e. The Morgan fingerprint density at radius 3 is 2.53 bits per heavy atom. The lowest BCUT2D eigenvalue weighted by Crippen LogP contribution is -2.17. The Hall–Kier alpha value is -2.16. The van der Waals surface area contributed by atoms with Gasteiger partial charge in [0.1, 0.15) is 6.33 Å². The van der Waals surface area contributed by atoms with E-state index in [1.807, 2.05) is 12.1 Å². The van der Waals surface area contributed by atoms with Gasteiger partial charge in [0.25, 0.3) is 0 Å². The Morgan fingerprint density at radius 2 is 1.89 bits per heavy atom. The summed E-state index contributed by atoms with van der Waals surface area (Å²) in [5, 5.41) is 0. The largest absolute Gasteiger partial charge is 0.375 e. The van der Waals surface area contributed by atoms with E-state index in [1.54, 1.807) is 12.5 Å². The van der Waals surface area contributed by atoms with Crippen LogP contribution in [0.4, 0.5) is 5.69 Å². The van der Waals surface area contributed by atoms with E-state index in [0.717, 1.165) is 18.7 Å². The van der Waals surface area contributed by atoms with Gasteiger partial charge in [0.2, 0.25) is 0 Å². The van der Waals surface area contributed by atoms with Gasteiger partial charge in [-0.3, -0.25) is 0 Å². The molecule has 98 valence electrons. The van der Waals surface area contributed by atoms with Crippen LogP contribution < -0.4 is 4.90 Å². The molecule has 0 spiro atoms. The molecule has 1 aromatic heterocycles. The van der Waals surface area contributed by atoms with Crippen LogP contribution >= 0.6 is 0 Å². The zero-order valence-electron chi connectivity index (χ0n) is 11.5. The molecular weight excluding hydrogens is 234 g/mol. The molecule has 0 saturated carbocycles. The van der Waals surface area contributed by atoms with Gasteiger partial charge in [0, 0.05) is 25.5 Å². The summed E-state index contributed by atoms with van der Waals surface area (Å²) in [4.78, 5) is 10.3. The second-order valence-electron chi connectivity index (χ2n) is 4.48. The summed E-state index contributed by atoms with van der Waals surface area (Å²) in [6, 6.07) is 10.4. The lowest BCUT2D eigenvalue weighted by molar-refractivity contribution is 0.852. The van der Waals surface area contributed by atoms with E-state index in [2.05, 4.69) is 59.2 Å². The highest BCUT2D eigenvalue weighted by Crippen LogP contribution is 2.15. The van der Waals surface area contributed by atoms with Crippen LogP contribution in [0.15, 0.2) is 42.9 Å². The summed E-state index contributed by atoms with van der Waals surface area (Å²) < 4.78 is 0. The van der Waals surface area contributed by atoms with Crippen molar-refractivity contribution in [3.8, 4) is 0 Å². The number of hydrogen-bond donors (Lipinski definition) is 0. The monoisotopic (exact) mass is 253 g/mol.